The van der Waals surface area contributed by atoms with Crippen LogP contribution in [0.5, 0.6) is 0 Å². The summed E-state index contributed by atoms with van der Waals surface area (Å²) in [6, 6.07) is 0. The van der Waals surface area contributed by atoms with E-state index in [4.69, 9.17) is 9.47 Å². The number of thiol groups is 1. The van der Waals surface area contributed by atoms with Gasteiger partial charge in [-0.3, -0.25) is 4.79 Å². The second-order valence-electron chi connectivity index (χ2n) is 5.65. The van der Waals surface area contributed by atoms with Gasteiger partial charge in [-0.15, -0.1) is 0 Å². The van der Waals surface area contributed by atoms with E-state index in [0.29, 0.717) is 25.3 Å². The van der Waals surface area contributed by atoms with Gasteiger partial charge >= 0.3 is 12.1 Å². The normalized spacial score (nSPS) is 20.0. The fraction of sp³-hybridized carbons (Fsp3) is 0.846. The second-order valence-corrected chi connectivity index (χ2v) is 6.10. The maximum atomic E-state index is 11.9. The standard InChI is InChI=1S/C13H23NO4S/c1-13(2,3)18-12(16)14-7-4-5-10(9-14)17-11(15)6-8-19/h10,19H,4-9H2,1-3H3. The first kappa shape index (κ1) is 16.1. The van der Waals surface area contributed by atoms with Gasteiger partial charge in [-0.1, -0.05) is 0 Å². The first-order chi connectivity index (χ1) is 8.81. The monoisotopic (exact) mass is 289 g/mol. The van der Waals surface area contributed by atoms with E-state index in [1.165, 1.54) is 0 Å². The molecular formula is C13H23NO4S. The Balaban J connectivity index is 2.45. The molecule has 0 bridgehead atoms. The van der Waals surface area contributed by atoms with E-state index in [9.17, 15) is 9.59 Å². The molecule has 1 unspecified atom stereocenters. The van der Waals surface area contributed by atoms with Crippen LogP contribution in [0.2, 0.25) is 0 Å². The summed E-state index contributed by atoms with van der Waals surface area (Å²) in [6.07, 6.45) is 1.33. The van der Waals surface area contributed by atoms with Gasteiger partial charge in [-0.2, -0.15) is 12.6 Å². The Kier molecular flexibility index (Phi) is 5.97. The van der Waals surface area contributed by atoms with Crippen LogP contribution < -0.4 is 0 Å². The zero-order chi connectivity index (χ0) is 14.5. The van der Waals surface area contributed by atoms with Crippen LogP contribution in [-0.2, 0) is 14.3 Å². The Bertz CT molecular complexity index is 327. The quantitative estimate of drug-likeness (QED) is 0.639. The van der Waals surface area contributed by atoms with Crippen molar-refractivity contribution < 1.29 is 19.1 Å². The molecule has 6 heteroatoms. The Hall–Kier alpha value is -0.910. The Morgan fingerprint density at radius 3 is 2.63 bits per heavy atom. The van der Waals surface area contributed by atoms with Crippen molar-refractivity contribution in [1.82, 2.24) is 4.90 Å². The van der Waals surface area contributed by atoms with Crippen LogP contribution >= 0.6 is 12.6 Å². The van der Waals surface area contributed by atoms with Crippen LogP contribution in [0.4, 0.5) is 4.79 Å². The fourth-order valence-corrected chi connectivity index (χ4v) is 2.05. The van der Waals surface area contributed by atoms with Crippen LogP contribution in [0.25, 0.3) is 0 Å². The Morgan fingerprint density at radius 2 is 2.05 bits per heavy atom. The van der Waals surface area contributed by atoms with Gasteiger partial charge in [0.25, 0.3) is 0 Å². The minimum Gasteiger partial charge on any atom is -0.460 e. The predicted octanol–water partition coefficient (Wildman–Crippen LogP) is 2.25. The lowest BCUT2D eigenvalue weighted by Gasteiger charge is -2.33. The van der Waals surface area contributed by atoms with Gasteiger partial charge < -0.3 is 14.4 Å². The zero-order valence-electron chi connectivity index (χ0n) is 11.8. The van der Waals surface area contributed by atoms with E-state index >= 15 is 0 Å². The number of carbonyl (C=O) groups excluding carboxylic acids is 2. The van der Waals surface area contributed by atoms with E-state index < -0.39 is 5.60 Å². The molecule has 0 N–H and O–H groups in total. The van der Waals surface area contributed by atoms with Crippen LogP contribution in [0.15, 0.2) is 0 Å². The third kappa shape index (κ3) is 6.18. The molecule has 1 atom stereocenters. The van der Waals surface area contributed by atoms with Gasteiger partial charge in [-0.25, -0.2) is 4.79 Å². The van der Waals surface area contributed by atoms with Gasteiger partial charge in [0.2, 0.25) is 0 Å². The number of ether oxygens (including phenoxy) is 2. The number of piperidine rings is 1. The summed E-state index contributed by atoms with van der Waals surface area (Å²) < 4.78 is 10.6. The summed E-state index contributed by atoms with van der Waals surface area (Å²) in [5, 5.41) is 0. The highest BCUT2D eigenvalue weighted by molar-refractivity contribution is 7.80. The maximum absolute atomic E-state index is 11.9. The topological polar surface area (TPSA) is 55.8 Å². The zero-order valence-corrected chi connectivity index (χ0v) is 12.7. The minimum atomic E-state index is -0.507. The molecule has 1 rings (SSSR count). The van der Waals surface area contributed by atoms with Gasteiger partial charge in [0, 0.05) is 12.3 Å². The number of hydrogen-bond acceptors (Lipinski definition) is 5. The van der Waals surface area contributed by atoms with Gasteiger partial charge in [0.15, 0.2) is 0 Å². The molecule has 110 valence electrons. The third-order valence-corrected chi connectivity index (χ3v) is 2.87. The van der Waals surface area contributed by atoms with Crippen LogP contribution in [0, 0.1) is 0 Å². The fourth-order valence-electron chi connectivity index (χ4n) is 1.86. The Labute approximate surface area is 120 Å². The van der Waals surface area contributed by atoms with Crippen molar-refractivity contribution in [1.29, 1.82) is 0 Å². The molecule has 0 aliphatic carbocycles. The predicted molar refractivity (Wildman–Crippen MR) is 75.4 cm³/mol. The molecule has 1 saturated heterocycles. The lowest BCUT2D eigenvalue weighted by atomic mass is 10.1. The maximum Gasteiger partial charge on any atom is 0.410 e. The van der Waals surface area contributed by atoms with Gasteiger partial charge in [0.1, 0.15) is 11.7 Å². The van der Waals surface area contributed by atoms with E-state index in [1.807, 2.05) is 20.8 Å². The van der Waals surface area contributed by atoms with Crippen molar-refractivity contribution in [3.05, 3.63) is 0 Å². The highest BCUT2D eigenvalue weighted by atomic mass is 32.1. The molecule has 1 amide bonds. The van der Waals surface area contributed by atoms with E-state index in [0.717, 1.165) is 12.8 Å². The molecule has 0 saturated carbocycles. The number of amides is 1. The summed E-state index contributed by atoms with van der Waals surface area (Å²) >= 11 is 3.99. The summed E-state index contributed by atoms with van der Waals surface area (Å²) in [4.78, 5) is 24.9. The number of nitrogens with zero attached hydrogens (tertiary/aromatic N) is 1. The summed E-state index contributed by atoms with van der Waals surface area (Å²) in [5.74, 6) is 0.215. The van der Waals surface area contributed by atoms with Crippen molar-refractivity contribution in [3.8, 4) is 0 Å². The van der Waals surface area contributed by atoms with Crippen molar-refractivity contribution in [2.45, 2.75) is 51.7 Å². The first-order valence-corrected chi connectivity index (χ1v) is 7.23. The highest BCUT2D eigenvalue weighted by Crippen LogP contribution is 2.17. The number of rotatable bonds is 3. The summed E-state index contributed by atoms with van der Waals surface area (Å²) in [7, 11) is 0. The lowest BCUT2D eigenvalue weighted by Crippen LogP contribution is -2.45. The number of esters is 1. The van der Waals surface area contributed by atoms with E-state index in [-0.39, 0.29) is 18.2 Å². The molecule has 0 radical (unpaired) electrons. The lowest BCUT2D eigenvalue weighted by molar-refractivity contribution is -0.151. The summed E-state index contributed by atoms with van der Waals surface area (Å²) in [5.41, 5.74) is -0.507. The largest absolute Gasteiger partial charge is 0.460 e. The molecule has 0 aromatic heterocycles. The molecule has 1 heterocycles. The SMILES string of the molecule is CC(C)(C)OC(=O)N1CCCC(OC(=O)CCS)C1. The van der Waals surface area contributed by atoms with Crippen LogP contribution in [0.1, 0.15) is 40.0 Å². The molecule has 1 fully saturated rings. The smallest absolute Gasteiger partial charge is 0.410 e. The number of carbonyl (C=O) groups is 2. The number of likely N-dealkylation sites (tertiary alicyclic amines) is 1. The molecule has 19 heavy (non-hydrogen) atoms. The van der Waals surface area contributed by atoms with Gasteiger partial charge in [0.05, 0.1) is 13.0 Å². The van der Waals surface area contributed by atoms with E-state index in [1.54, 1.807) is 4.90 Å². The first-order valence-electron chi connectivity index (χ1n) is 6.60. The van der Waals surface area contributed by atoms with E-state index in [2.05, 4.69) is 12.6 Å². The average molecular weight is 289 g/mol. The van der Waals surface area contributed by atoms with Crippen LogP contribution in [0.3, 0.4) is 0 Å². The molecule has 0 aromatic carbocycles. The number of hydrogen-bond donors (Lipinski definition) is 1. The van der Waals surface area contributed by atoms with Crippen molar-refractivity contribution in [3.63, 3.8) is 0 Å². The van der Waals surface area contributed by atoms with Crippen LogP contribution in [-0.4, -0.2) is 47.5 Å². The molecular weight excluding hydrogens is 266 g/mol. The van der Waals surface area contributed by atoms with Gasteiger partial charge in [-0.05, 0) is 33.6 Å². The molecule has 5 nitrogen and oxygen atoms in total. The minimum absolute atomic E-state index is 0.228. The molecule has 0 spiro atoms. The highest BCUT2D eigenvalue weighted by Gasteiger charge is 2.29. The second kappa shape index (κ2) is 7.03. The molecule has 1 aliphatic heterocycles. The Morgan fingerprint density at radius 1 is 1.37 bits per heavy atom. The third-order valence-electron chi connectivity index (χ3n) is 2.64. The molecule has 0 aromatic rings. The molecule has 1 aliphatic rings. The summed E-state index contributed by atoms with van der Waals surface area (Å²) in [6.45, 7) is 6.56. The van der Waals surface area contributed by atoms with Crippen molar-refractivity contribution >= 4 is 24.7 Å². The van der Waals surface area contributed by atoms with Crippen molar-refractivity contribution in [2.75, 3.05) is 18.8 Å². The van der Waals surface area contributed by atoms with Crippen molar-refractivity contribution in [2.24, 2.45) is 0 Å². The average Bonchev–Trinajstić information content (AvgIpc) is 2.27.